The zero-order valence-electron chi connectivity index (χ0n) is 10.7. The SMILES string of the molecule is CCCCCC(C)N[C@@H](C)c1ccncc1. The van der Waals surface area contributed by atoms with Gasteiger partial charge in [-0.05, 0) is 38.0 Å². The van der Waals surface area contributed by atoms with E-state index in [0.717, 1.165) is 0 Å². The van der Waals surface area contributed by atoms with E-state index in [1.165, 1.54) is 31.2 Å². The van der Waals surface area contributed by atoms with Gasteiger partial charge in [-0.15, -0.1) is 0 Å². The normalized spacial score (nSPS) is 14.7. The maximum atomic E-state index is 4.04. The zero-order chi connectivity index (χ0) is 11.8. The first kappa shape index (κ1) is 13.2. The lowest BCUT2D eigenvalue weighted by molar-refractivity contribution is 0.440. The average molecular weight is 220 g/mol. The smallest absolute Gasteiger partial charge is 0.0295 e. The van der Waals surface area contributed by atoms with Gasteiger partial charge in [0.25, 0.3) is 0 Å². The van der Waals surface area contributed by atoms with Crippen LogP contribution in [0.5, 0.6) is 0 Å². The summed E-state index contributed by atoms with van der Waals surface area (Å²) in [5.74, 6) is 0. The average Bonchev–Trinajstić information content (AvgIpc) is 2.30. The van der Waals surface area contributed by atoms with Gasteiger partial charge < -0.3 is 5.32 Å². The van der Waals surface area contributed by atoms with E-state index in [4.69, 9.17) is 0 Å². The van der Waals surface area contributed by atoms with Gasteiger partial charge in [0, 0.05) is 24.5 Å². The molecule has 1 unspecified atom stereocenters. The summed E-state index contributed by atoms with van der Waals surface area (Å²) in [6.07, 6.45) is 8.95. The number of aromatic nitrogens is 1. The van der Waals surface area contributed by atoms with E-state index in [9.17, 15) is 0 Å². The molecule has 0 aromatic carbocycles. The summed E-state index contributed by atoms with van der Waals surface area (Å²) >= 11 is 0. The maximum Gasteiger partial charge on any atom is 0.0295 e. The number of unbranched alkanes of at least 4 members (excludes halogenated alkanes) is 2. The third kappa shape index (κ3) is 4.75. The number of rotatable bonds is 7. The second-order valence-electron chi connectivity index (χ2n) is 4.57. The van der Waals surface area contributed by atoms with Gasteiger partial charge in [-0.25, -0.2) is 0 Å². The number of nitrogens with one attached hydrogen (secondary N) is 1. The summed E-state index contributed by atoms with van der Waals surface area (Å²) in [7, 11) is 0. The minimum atomic E-state index is 0.416. The van der Waals surface area contributed by atoms with Crippen LogP contribution in [0.25, 0.3) is 0 Å². The Kier molecular flexibility index (Phi) is 6.09. The second kappa shape index (κ2) is 7.39. The van der Waals surface area contributed by atoms with E-state index in [2.05, 4.69) is 43.2 Å². The molecule has 0 aliphatic heterocycles. The number of hydrogen-bond donors (Lipinski definition) is 1. The molecule has 0 amide bonds. The van der Waals surface area contributed by atoms with Gasteiger partial charge in [-0.1, -0.05) is 26.2 Å². The van der Waals surface area contributed by atoms with E-state index >= 15 is 0 Å². The molecule has 0 bridgehead atoms. The van der Waals surface area contributed by atoms with Gasteiger partial charge in [-0.3, -0.25) is 4.98 Å². The third-order valence-corrected chi connectivity index (χ3v) is 2.98. The van der Waals surface area contributed by atoms with E-state index < -0.39 is 0 Å². The van der Waals surface area contributed by atoms with Crippen LogP contribution in [0.2, 0.25) is 0 Å². The maximum absolute atomic E-state index is 4.04. The van der Waals surface area contributed by atoms with Gasteiger partial charge >= 0.3 is 0 Å². The van der Waals surface area contributed by atoms with E-state index in [1.807, 2.05) is 12.4 Å². The summed E-state index contributed by atoms with van der Waals surface area (Å²) < 4.78 is 0. The Morgan fingerprint density at radius 1 is 1.19 bits per heavy atom. The largest absolute Gasteiger partial charge is 0.308 e. The van der Waals surface area contributed by atoms with E-state index in [-0.39, 0.29) is 0 Å². The van der Waals surface area contributed by atoms with Crippen LogP contribution in [-0.2, 0) is 0 Å². The van der Waals surface area contributed by atoms with Gasteiger partial charge in [0.2, 0.25) is 0 Å². The highest BCUT2D eigenvalue weighted by molar-refractivity contribution is 5.14. The standard InChI is InChI=1S/C14H24N2/c1-4-5-6-7-12(2)16-13(3)14-8-10-15-11-9-14/h8-13,16H,4-7H2,1-3H3/t12?,13-/m0/s1. The molecule has 0 spiro atoms. The number of nitrogens with zero attached hydrogens (tertiary/aromatic N) is 1. The second-order valence-corrected chi connectivity index (χ2v) is 4.57. The molecule has 90 valence electrons. The van der Waals surface area contributed by atoms with Crippen molar-refractivity contribution >= 4 is 0 Å². The molecule has 1 heterocycles. The van der Waals surface area contributed by atoms with E-state index in [1.54, 1.807) is 0 Å². The third-order valence-electron chi connectivity index (χ3n) is 2.98. The van der Waals surface area contributed by atoms with Crippen molar-refractivity contribution in [3.05, 3.63) is 30.1 Å². The molecule has 0 aliphatic rings. The monoisotopic (exact) mass is 220 g/mol. The highest BCUT2D eigenvalue weighted by atomic mass is 14.9. The molecule has 0 saturated heterocycles. The van der Waals surface area contributed by atoms with E-state index in [0.29, 0.717) is 12.1 Å². The van der Waals surface area contributed by atoms with Crippen LogP contribution in [-0.4, -0.2) is 11.0 Å². The summed E-state index contributed by atoms with van der Waals surface area (Å²) in [6, 6.07) is 5.17. The molecule has 1 N–H and O–H groups in total. The Bertz CT molecular complexity index is 271. The van der Waals surface area contributed by atoms with Crippen LogP contribution in [0.1, 0.15) is 58.1 Å². The lowest BCUT2D eigenvalue weighted by atomic mass is 10.1. The molecule has 0 fully saturated rings. The van der Waals surface area contributed by atoms with Crippen molar-refractivity contribution < 1.29 is 0 Å². The molecule has 1 aromatic heterocycles. The van der Waals surface area contributed by atoms with Crippen LogP contribution >= 0.6 is 0 Å². The minimum Gasteiger partial charge on any atom is -0.308 e. The molecule has 1 rings (SSSR count). The van der Waals surface area contributed by atoms with Crippen LogP contribution < -0.4 is 5.32 Å². The quantitative estimate of drug-likeness (QED) is 0.709. The summed E-state index contributed by atoms with van der Waals surface area (Å²) in [4.78, 5) is 4.04. The van der Waals surface area contributed by atoms with Crippen molar-refractivity contribution in [2.24, 2.45) is 0 Å². The Hall–Kier alpha value is -0.890. The molecule has 1 aromatic rings. The van der Waals surface area contributed by atoms with Crippen molar-refractivity contribution in [1.29, 1.82) is 0 Å². The Labute approximate surface area is 99.5 Å². The first-order chi connectivity index (χ1) is 7.74. The van der Waals surface area contributed by atoms with Gasteiger partial charge in [0.1, 0.15) is 0 Å². The molecule has 2 nitrogen and oxygen atoms in total. The molecule has 0 saturated carbocycles. The van der Waals surface area contributed by atoms with Crippen LogP contribution in [0.3, 0.4) is 0 Å². The first-order valence-corrected chi connectivity index (χ1v) is 6.40. The molecule has 0 aliphatic carbocycles. The number of hydrogen-bond acceptors (Lipinski definition) is 2. The Balaban J connectivity index is 2.31. The van der Waals surface area contributed by atoms with Crippen LogP contribution in [0.4, 0.5) is 0 Å². The van der Waals surface area contributed by atoms with Crippen molar-refractivity contribution in [3.8, 4) is 0 Å². The molecule has 0 radical (unpaired) electrons. The van der Waals surface area contributed by atoms with Crippen molar-refractivity contribution in [1.82, 2.24) is 10.3 Å². The summed E-state index contributed by atoms with van der Waals surface area (Å²) in [5.41, 5.74) is 1.32. The van der Waals surface area contributed by atoms with Crippen LogP contribution in [0, 0.1) is 0 Å². The van der Waals surface area contributed by atoms with Gasteiger partial charge in [-0.2, -0.15) is 0 Å². The first-order valence-electron chi connectivity index (χ1n) is 6.40. The fraction of sp³-hybridized carbons (Fsp3) is 0.643. The van der Waals surface area contributed by atoms with Crippen molar-refractivity contribution in [2.75, 3.05) is 0 Å². The fourth-order valence-electron chi connectivity index (χ4n) is 1.96. The highest BCUT2D eigenvalue weighted by Crippen LogP contribution is 2.13. The highest BCUT2D eigenvalue weighted by Gasteiger charge is 2.08. The Morgan fingerprint density at radius 2 is 1.88 bits per heavy atom. The Morgan fingerprint density at radius 3 is 2.50 bits per heavy atom. The minimum absolute atomic E-state index is 0.416. The summed E-state index contributed by atoms with van der Waals surface area (Å²) in [6.45, 7) is 6.73. The van der Waals surface area contributed by atoms with Gasteiger partial charge in [0.05, 0.1) is 0 Å². The molecule has 2 heteroatoms. The molecular formula is C14H24N2. The van der Waals surface area contributed by atoms with Crippen LogP contribution in [0.15, 0.2) is 24.5 Å². The molecular weight excluding hydrogens is 196 g/mol. The lowest BCUT2D eigenvalue weighted by Crippen LogP contribution is -2.28. The fourth-order valence-corrected chi connectivity index (χ4v) is 1.96. The van der Waals surface area contributed by atoms with Gasteiger partial charge in [0.15, 0.2) is 0 Å². The topological polar surface area (TPSA) is 24.9 Å². The van der Waals surface area contributed by atoms with Crippen molar-refractivity contribution in [2.45, 2.75) is 58.5 Å². The summed E-state index contributed by atoms with van der Waals surface area (Å²) in [5, 5.41) is 3.63. The predicted molar refractivity (Wildman–Crippen MR) is 69.4 cm³/mol. The molecule has 16 heavy (non-hydrogen) atoms. The lowest BCUT2D eigenvalue weighted by Gasteiger charge is -2.20. The van der Waals surface area contributed by atoms with Crippen molar-refractivity contribution in [3.63, 3.8) is 0 Å². The molecule has 2 atom stereocenters. The zero-order valence-corrected chi connectivity index (χ0v) is 10.7. The predicted octanol–water partition coefficient (Wildman–Crippen LogP) is 3.70. The number of pyridine rings is 1.